The van der Waals surface area contributed by atoms with Crippen LogP contribution in [0.25, 0.3) is 0 Å². The molecule has 4 rings (SSSR count). The molecule has 0 unspecified atom stereocenters. The zero-order valence-electron chi connectivity index (χ0n) is 18.7. The van der Waals surface area contributed by atoms with Gasteiger partial charge in [0.2, 0.25) is 5.91 Å². The summed E-state index contributed by atoms with van der Waals surface area (Å²) < 4.78 is 0. The van der Waals surface area contributed by atoms with Gasteiger partial charge in [0.25, 0.3) is 0 Å². The molecule has 2 atom stereocenters. The Bertz CT molecular complexity index is 727. The van der Waals surface area contributed by atoms with Crippen LogP contribution in [-0.2, 0) is 4.79 Å². The second kappa shape index (κ2) is 11.7. The number of benzene rings is 1. The first kappa shape index (κ1) is 28.0. The third-order valence-corrected chi connectivity index (χ3v) is 6.63. The number of carbonyl (C=O) groups excluding carboxylic acids is 1. The molecular formula is C22H33BrMgN4O3. The maximum Gasteiger partial charge on any atom is 2.00 e. The first-order chi connectivity index (χ1) is 13.5. The predicted octanol–water partition coefficient (Wildman–Crippen LogP) is -0.985. The predicted molar refractivity (Wildman–Crippen MR) is 120 cm³/mol. The van der Waals surface area contributed by atoms with Crippen molar-refractivity contribution < 1.29 is 31.7 Å². The number of rotatable bonds is 3. The number of likely N-dealkylation sites (tertiary alicyclic amines) is 2. The molecule has 168 valence electrons. The third-order valence-electron chi connectivity index (χ3n) is 6.63. The number of carboxylic acid groups (broad SMARTS) is 1. The fourth-order valence-electron chi connectivity index (χ4n) is 5.01. The minimum atomic E-state index is -0.982. The molecule has 0 radical (unpaired) electrons. The minimum absolute atomic E-state index is 0. The van der Waals surface area contributed by atoms with Gasteiger partial charge in [0.15, 0.2) is 0 Å². The van der Waals surface area contributed by atoms with Gasteiger partial charge >= 0.3 is 29.1 Å². The number of carbonyl (C=O) groups is 2. The molecule has 0 aliphatic carbocycles. The Labute approximate surface area is 212 Å². The Kier molecular flexibility index (Phi) is 10.6. The summed E-state index contributed by atoms with van der Waals surface area (Å²) in [7, 11) is 0. The molecule has 0 saturated carbocycles. The fourth-order valence-corrected chi connectivity index (χ4v) is 5.01. The SMILES string of the molecule is C[C@]1(N2CCN(c3ccccc3)CC2)C[C@@H](C(=O)N2CCCC2)N(C(=O)O)C1.[Br-].[CH3-].[Mg+2]. The molecule has 0 aromatic heterocycles. The second-order valence-corrected chi connectivity index (χ2v) is 8.47. The molecular weight excluding hydrogens is 472 g/mol. The molecule has 3 aliphatic rings. The van der Waals surface area contributed by atoms with Crippen molar-refractivity contribution in [2.24, 2.45) is 0 Å². The van der Waals surface area contributed by atoms with Crippen LogP contribution in [0.3, 0.4) is 0 Å². The van der Waals surface area contributed by atoms with Gasteiger partial charge in [-0.1, -0.05) is 18.2 Å². The Morgan fingerprint density at radius 3 is 2.13 bits per heavy atom. The zero-order chi connectivity index (χ0) is 19.7. The molecule has 3 fully saturated rings. The van der Waals surface area contributed by atoms with Crippen molar-refractivity contribution in [3.8, 4) is 0 Å². The molecule has 31 heavy (non-hydrogen) atoms. The first-order valence-electron chi connectivity index (χ1n) is 10.3. The topological polar surface area (TPSA) is 67.3 Å². The summed E-state index contributed by atoms with van der Waals surface area (Å²) >= 11 is 0. The van der Waals surface area contributed by atoms with Crippen molar-refractivity contribution in [3.63, 3.8) is 0 Å². The van der Waals surface area contributed by atoms with Crippen LogP contribution in [0, 0.1) is 7.43 Å². The molecule has 3 aliphatic heterocycles. The summed E-state index contributed by atoms with van der Waals surface area (Å²) in [6.07, 6.45) is 1.64. The van der Waals surface area contributed by atoms with Gasteiger partial charge in [-0.3, -0.25) is 14.6 Å². The van der Waals surface area contributed by atoms with Crippen LogP contribution in [0.5, 0.6) is 0 Å². The van der Waals surface area contributed by atoms with Crippen LogP contribution in [0.15, 0.2) is 30.3 Å². The van der Waals surface area contributed by atoms with Crippen molar-refractivity contribution in [1.29, 1.82) is 0 Å². The molecule has 3 heterocycles. The van der Waals surface area contributed by atoms with E-state index in [2.05, 4.69) is 41.0 Å². The standard InChI is InChI=1S/C21H30N4O3.CH3.BrH.Mg/c1-21(24-13-11-22(12-14-24)17-7-3-2-4-8-17)15-18(25(16-21)20(27)28)19(26)23-9-5-6-10-23;;;/h2-4,7-8,18H,5-6,9-16H2,1H3,(H,27,28);1H3;1H;/q;-1;;+2/p-1/t18-,21-;;;/m0.../s1. The van der Waals surface area contributed by atoms with Gasteiger partial charge in [-0.15, -0.1) is 0 Å². The van der Waals surface area contributed by atoms with E-state index in [0.29, 0.717) is 13.0 Å². The number of anilines is 1. The number of piperazine rings is 1. The summed E-state index contributed by atoms with van der Waals surface area (Å²) in [6, 6.07) is 9.84. The van der Waals surface area contributed by atoms with Crippen molar-refractivity contribution in [3.05, 3.63) is 37.8 Å². The molecule has 0 spiro atoms. The number of amides is 2. The molecule has 7 nitrogen and oxygen atoms in total. The average molecular weight is 506 g/mol. The van der Waals surface area contributed by atoms with Crippen molar-refractivity contribution >= 4 is 40.7 Å². The van der Waals surface area contributed by atoms with Crippen LogP contribution < -0.4 is 21.9 Å². The largest absolute Gasteiger partial charge is 2.00 e. The van der Waals surface area contributed by atoms with Crippen LogP contribution in [0.1, 0.15) is 26.2 Å². The number of hydrogen-bond donors (Lipinski definition) is 1. The van der Waals surface area contributed by atoms with E-state index in [9.17, 15) is 14.7 Å². The minimum Gasteiger partial charge on any atom is -1.00 e. The zero-order valence-corrected chi connectivity index (χ0v) is 21.7. The van der Waals surface area contributed by atoms with Gasteiger partial charge in [0.05, 0.1) is 0 Å². The van der Waals surface area contributed by atoms with Gasteiger partial charge < -0.3 is 39.3 Å². The summed E-state index contributed by atoms with van der Waals surface area (Å²) in [5.74, 6) is -0.00783. The van der Waals surface area contributed by atoms with E-state index in [-0.39, 0.29) is 58.9 Å². The average Bonchev–Trinajstić information content (AvgIpc) is 3.37. The smallest absolute Gasteiger partial charge is 1.00 e. The fraction of sp³-hybridized carbons (Fsp3) is 0.591. The molecule has 0 bridgehead atoms. The molecule has 1 N–H and O–H groups in total. The Morgan fingerprint density at radius 1 is 1.00 bits per heavy atom. The monoisotopic (exact) mass is 504 g/mol. The van der Waals surface area contributed by atoms with Crippen LogP contribution in [0.2, 0.25) is 0 Å². The van der Waals surface area contributed by atoms with Crippen LogP contribution in [0.4, 0.5) is 10.5 Å². The first-order valence-corrected chi connectivity index (χ1v) is 10.3. The van der Waals surface area contributed by atoms with E-state index >= 15 is 0 Å². The van der Waals surface area contributed by atoms with E-state index in [4.69, 9.17) is 0 Å². The number of nitrogens with zero attached hydrogens (tertiary/aromatic N) is 4. The molecule has 1 aromatic rings. The van der Waals surface area contributed by atoms with Gasteiger partial charge in [-0.05, 0) is 38.3 Å². The van der Waals surface area contributed by atoms with Gasteiger partial charge in [0, 0.05) is 57.0 Å². The number of halogens is 1. The van der Waals surface area contributed by atoms with Crippen molar-refractivity contribution in [2.45, 2.75) is 37.8 Å². The van der Waals surface area contributed by atoms with E-state index in [1.54, 1.807) is 0 Å². The molecule has 3 saturated heterocycles. The van der Waals surface area contributed by atoms with Crippen LogP contribution >= 0.6 is 0 Å². The maximum absolute atomic E-state index is 13.0. The van der Waals surface area contributed by atoms with Gasteiger partial charge in [0.1, 0.15) is 6.04 Å². The molecule has 1 aromatic carbocycles. The van der Waals surface area contributed by atoms with Gasteiger partial charge in [-0.25, -0.2) is 4.79 Å². The van der Waals surface area contributed by atoms with Gasteiger partial charge in [-0.2, -0.15) is 0 Å². The van der Waals surface area contributed by atoms with E-state index in [1.807, 2.05) is 11.0 Å². The van der Waals surface area contributed by atoms with Crippen LogP contribution in [-0.4, -0.2) is 112 Å². The third kappa shape index (κ3) is 5.86. The van der Waals surface area contributed by atoms with E-state index in [1.165, 1.54) is 10.6 Å². The summed E-state index contributed by atoms with van der Waals surface area (Å²) in [5.41, 5.74) is 0.939. The Morgan fingerprint density at radius 2 is 1.58 bits per heavy atom. The summed E-state index contributed by atoms with van der Waals surface area (Å²) in [5, 5.41) is 9.73. The maximum atomic E-state index is 13.0. The molecule has 9 heteroatoms. The Balaban J connectivity index is 0.00000160. The second-order valence-electron chi connectivity index (χ2n) is 8.47. The van der Waals surface area contributed by atoms with E-state index in [0.717, 1.165) is 52.1 Å². The van der Waals surface area contributed by atoms with Crippen molar-refractivity contribution in [1.82, 2.24) is 14.7 Å². The van der Waals surface area contributed by atoms with E-state index < -0.39 is 12.1 Å². The quantitative estimate of drug-likeness (QED) is 0.423. The normalized spacial score (nSPS) is 26.0. The summed E-state index contributed by atoms with van der Waals surface area (Å²) in [4.78, 5) is 32.8. The molecule has 2 amide bonds. The summed E-state index contributed by atoms with van der Waals surface area (Å²) in [6.45, 7) is 7.63. The van der Waals surface area contributed by atoms with Crippen molar-refractivity contribution in [2.75, 3.05) is 50.7 Å². The number of hydrogen-bond acceptors (Lipinski definition) is 4. The Hall–Kier alpha value is -1.03. The number of para-hydroxylation sites is 1.